The van der Waals surface area contributed by atoms with Gasteiger partial charge in [0.15, 0.2) is 0 Å². The molecule has 2 aromatic rings. The summed E-state index contributed by atoms with van der Waals surface area (Å²) in [5.74, 6) is -0.477. The van der Waals surface area contributed by atoms with Gasteiger partial charge in [-0.05, 0) is 43.2 Å². The number of nitrogens with one attached hydrogen (secondary N) is 2. The Balaban J connectivity index is 1.89. The van der Waals surface area contributed by atoms with Gasteiger partial charge >= 0.3 is 0 Å². The third-order valence-electron chi connectivity index (χ3n) is 3.72. The Hall–Kier alpha value is -2.24. The lowest BCUT2D eigenvalue weighted by Crippen LogP contribution is -2.34. The molecule has 0 aliphatic carbocycles. The second-order valence-corrected chi connectivity index (χ2v) is 5.80. The van der Waals surface area contributed by atoms with E-state index in [1.165, 1.54) is 24.3 Å². The highest BCUT2D eigenvalue weighted by Gasteiger charge is 2.16. The number of aliphatic hydroxyl groups is 1. The van der Waals surface area contributed by atoms with Crippen LogP contribution >= 0.6 is 0 Å². The lowest BCUT2D eigenvalue weighted by Gasteiger charge is -2.23. The summed E-state index contributed by atoms with van der Waals surface area (Å²) in [6, 6.07) is 15.4. The lowest BCUT2D eigenvalue weighted by atomic mass is 10.0. The monoisotopic (exact) mass is 330 g/mol. The van der Waals surface area contributed by atoms with Crippen molar-refractivity contribution < 1.29 is 14.3 Å². The first-order chi connectivity index (χ1) is 11.6. The van der Waals surface area contributed by atoms with E-state index < -0.39 is 0 Å². The molecule has 0 radical (unpaired) electrons. The molecule has 0 heterocycles. The molecular weight excluding hydrogens is 307 g/mol. The van der Waals surface area contributed by atoms with Crippen LogP contribution in [0.25, 0.3) is 0 Å². The van der Waals surface area contributed by atoms with E-state index in [-0.39, 0.29) is 36.8 Å². The molecule has 5 heteroatoms. The van der Waals surface area contributed by atoms with Crippen LogP contribution < -0.4 is 10.6 Å². The molecule has 1 amide bonds. The van der Waals surface area contributed by atoms with Crippen LogP contribution in [0.15, 0.2) is 54.6 Å². The third kappa shape index (κ3) is 5.76. The van der Waals surface area contributed by atoms with Gasteiger partial charge in [0.2, 0.25) is 5.91 Å². The molecule has 0 saturated heterocycles. The van der Waals surface area contributed by atoms with Crippen molar-refractivity contribution in [2.24, 2.45) is 0 Å². The predicted octanol–water partition coefficient (Wildman–Crippen LogP) is 3.26. The Morgan fingerprint density at radius 3 is 2.42 bits per heavy atom. The maximum absolute atomic E-state index is 12.9. The van der Waals surface area contributed by atoms with Gasteiger partial charge in [0, 0.05) is 30.8 Å². The van der Waals surface area contributed by atoms with Crippen LogP contribution in [0.4, 0.5) is 10.1 Å². The van der Waals surface area contributed by atoms with Crippen molar-refractivity contribution in [1.29, 1.82) is 0 Å². The smallest absolute Gasteiger partial charge is 0.225 e. The molecule has 0 bridgehead atoms. The SMILES string of the molecule is CC(CC(=O)Nc1ccc(F)cc1)N[C@H](CCO)c1ccccc1. The molecule has 2 rings (SSSR count). The first-order valence-electron chi connectivity index (χ1n) is 8.05. The predicted molar refractivity (Wildman–Crippen MR) is 93.1 cm³/mol. The zero-order valence-electron chi connectivity index (χ0n) is 13.7. The topological polar surface area (TPSA) is 61.4 Å². The molecule has 1 unspecified atom stereocenters. The standard InChI is InChI=1S/C19H23FN2O2/c1-14(13-19(24)22-17-9-7-16(20)8-10-17)21-18(11-12-23)15-5-3-2-4-6-15/h2-10,14,18,21,23H,11-13H2,1H3,(H,22,24)/t14?,18-/m1/s1. The molecule has 0 aliphatic rings. The zero-order chi connectivity index (χ0) is 17.4. The van der Waals surface area contributed by atoms with Crippen molar-refractivity contribution >= 4 is 11.6 Å². The highest BCUT2D eigenvalue weighted by atomic mass is 19.1. The van der Waals surface area contributed by atoms with E-state index >= 15 is 0 Å². The summed E-state index contributed by atoms with van der Waals surface area (Å²) < 4.78 is 12.9. The van der Waals surface area contributed by atoms with Gasteiger partial charge in [-0.3, -0.25) is 4.79 Å². The first-order valence-corrected chi connectivity index (χ1v) is 8.05. The zero-order valence-corrected chi connectivity index (χ0v) is 13.7. The highest BCUT2D eigenvalue weighted by molar-refractivity contribution is 5.91. The van der Waals surface area contributed by atoms with Crippen molar-refractivity contribution in [3.8, 4) is 0 Å². The number of benzene rings is 2. The van der Waals surface area contributed by atoms with Crippen molar-refractivity contribution in [2.45, 2.75) is 31.8 Å². The second-order valence-electron chi connectivity index (χ2n) is 5.80. The number of hydrogen-bond donors (Lipinski definition) is 3. The largest absolute Gasteiger partial charge is 0.396 e. The third-order valence-corrected chi connectivity index (χ3v) is 3.72. The maximum atomic E-state index is 12.9. The second kappa shape index (κ2) is 9.15. The summed E-state index contributed by atoms with van der Waals surface area (Å²) in [4.78, 5) is 12.1. The normalized spacial score (nSPS) is 13.3. The number of anilines is 1. The molecule has 128 valence electrons. The summed E-state index contributed by atoms with van der Waals surface area (Å²) in [5, 5.41) is 15.4. The van der Waals surface area contributed by atoms with Crippen molar-refractivity contribution in [2.75, 3.05) is 11.9 Å². The van der Waals surface area contributed by atoms with E-state index in [2.05, 4.69) is 10.6 Å². The fourth-order valence-electron chi connectivity index (χ4n) is 2.59. The van der Waals surface area contributed by atoms with Gasteiger partial charge in [0.05, 0.1) is 0 Å². The Bertz CT molecular complexity index is 632. The minimum atomic E-state index is -0.335. The molecule has 0 saturated carbocycles. The Morgan fingerprint density at radius 2 is 1.79 bits per heavy atom. The Kier molecular flexibility index (Phi) is 6.90. The van der Waals surface area contributed by atoms with Crippen LogP contribution in [0.2, 0.25) is 0 Å². The van der Waals surface area contributed by atoms with E-state index in [0.29, 0.717) is 12.1 Å². The molecular formula is C19H23FN2O2. The minimum Gasteiger partial charge on any atom is -0.396 e. The fourth-order valence-corrected chi connectivity index (χ4v) is 2.59. The van der Waals surface area contributed by atoms with E-state index in [0.717, 1.165) is 5.56 Å². The summed E-state index contributed by atoms with van der Waals surface area (Å²) in [6.45, 7) is 2.00. The van der Waals surface area contributed by atoms with Gasteiger partial charge in [0.1, 0.15) is 5.82 Å². The van der Waals surface area contributed by atoms with Crippen LogP contribution in [0, 0.1) is 5.82 Å². The van der Waals surface area contributed by atoms with Gasteiger partial charge in [-0.15, -0.1) is 0 Å². The minimum absolute atomic E-state index is 0.00942. The summed E-state index contributed by atoms with van der Waals surface area (Å²) in [7, 11) is 0. The molecule has 0 aliphatic heterocycles. The van der Waals surface area contributed by atoms with Crippen LogP contribution in [-0.4, -0.2) is 23.7 Å². The van der Waals surface area contributed by atoms with Gasteiger partial charge < -0.3 is 15.7 Å². The van der Waals surface area contributed by atoms with Crippen molar-refractivity contribution in [3.63, 3.8) is 0 Å². The van der Waals surface area contributed by atoms with E-state index in [1.807, 2.05) is 37.3 Å². The molecule has 2 atom stereocenters. The number of halogens is 1. The molecule has 4 nitrogen and oxygen atoms in total. The van der Waals surface area contributed by atoms with Gasteiger partial charge in [-0.25, -0.2) is 4.39 Å². The van der Waals surface area contributed by atoms with E-state index in [9.17, 15) is 14.3 Å². The highest BCUT2D eigenvalue weighted by Crippen LogP contribution is 2.17. The summed E-state index contributed by atoms with van der Waals surface area (Å²) >= 11 is 0. The van der Waals surface area contributed by atoms with Gasteiger partial charge in [-0.2, -0.15) is 0 Å². The molecule has 3 N–H and O–H groups in total. The summed E-state index contributed by atoms with van der Waals surface area (Å²) in [6.07, 6.45) is 0.861. The van der Waals surface area contributed by atoms with Crippen LogP contribution in [0.5, 0.6) is 0 Å². The fraction of sp³-hybridized carbons (Fsp3) is 0.316. The Morgan fingerprint density at radius 1 is 1.12 bits per heavy atom. The lowest BCUT2D eigenvalue weighted by molar-refractivity contribution is -0.116. The molecule has 0 aromatic heterocycles. The number of rotatable bonds is 8. The number of carbonyl (C=O) groups excluding carboxylic acids is 1. The van der Waals surface area contributed by atoms with Crippen molar-refractivity contribution in [1.82, 2.24) is 5.32 Å². The summed E-state index contributed by atoms with van der Waals surface area (Å²) in [5.41, 5.74) is 1.65. The number of amides is 1. The molecule has 24 heavy (non-hydrogen) atoms. The quantitative estimate of drug-likeness (QED) is 0.696. The van der Waals surface area contributed by atoms with Crippen LogP contribution in [-0.2, 0) is 4.79 Å². The van der Waals surface area contributed by atoms with Crippen LogP contribution in [0.3, 0.4) is 0 Å². The molecule has 0 spiro atoms. The molecule has 0 fully saturated rings. The first kappa shape index (κ1) is 18.1. The number of hydrogen-bond acceptors (Lipinski definition) is 3. The average Bonchev–Trinajstić information content (AvgIpc) is 2.57. The molecule has 2 aromatic carbocycles. The van der Waals surface area contributed by atoms with Gasteiger partial charge in [-0.1, -0.05) is 30.3 Å². The van der Waals surface area contributed by atoms with E-state index in [4.69, 9.17) is 0 Å². The van der Waals surface area contributed by atoms with Crippen molar-refractivity contribution in [3.05, 3.63) is 66.0 Å². The number of carbonyl (C=O) groups is 1. The maximum Gasteiger partial charge on any atom is 0.225 e. The number of aliphatic hydroxyl groups excluding tert-OH is 1. The Labute approximate surface area is 141 Å². The van der Waals surface area contributed by atoms with E-state index in [1.54, 1.807) is 0 Å². The van der Waals surface area contributed by atoms with Crippen LogP contribution in [0.1, 0.15) is 31.4 Å². The van der Waals surface area contributed by atoms with Gasteiger partial charge in [0.25, 0.3) is 0 Å². The average molecular weight is 330 g/mol.